The molecule has 2 heterocycles. The molecule has 0 aliphatic carbocycles. The molecular formula is C28H26Cl2F2N4O3. The molecule has 39 heavy (non-hydrogen) atoms. The Balaban J connectivity index is 1.88. The fourth-order valence-corrected chi connectivity index (χ4v) is 5.46. The van der Waals surface area contributed by atoms with Gasteiger partial charge in [0.15, 0.2) is 6.23 Å². The summed E-state index contributed by atoms with van der Waals surface area (Å²) in [6, 6.07) is 12.3. The number of pyridine rings is 1. The molecule has 1 aromatic heterocycles. The first-order valence-electron chi connectivity index (χ1n) is 12.1. The maximum atomic E-state index is 15.6. The number of amides is 1. The van der Waals surface area contributed by atoms with Crippen molar-refractivity contribution >= 4 is 35.0 Å². The van der Waals surface area contributed by atoms with E-state index in [9.17, 15) is 14.9 Å². The van der Waals surface area contributed by atoms with Crippen LogP contribution in [0.1, 0.15) is 44.2 Å². The second-order valence-corrected chi connectivity index (χ2v) is 11.4. The van der Waals surface area contributed by atoms with Crippen molar-refractivity contribution in [3.63, 3.8) is 0 Å². The third kappa shape index (κ3) is 5.78. The molecule has 0 saturated carbocycles. The lowest BCUT2D eigenvalue weighted by molar-refractivity contribution is 0.0851. The van der Waals surface area contributed by atoms with Crippen molar-refractivity contribution in [2.45, 2.75) is 50.8 Å². The van der Waals surface area contributed by atoms with Crippen LogP contribution < -0.4 is 16.2 Å². The smallest absolute Gasteiger partial charge is 0.413 e. The van der Waals surface area contributed by atoms with Crippen LogP contribution in [0.4, 0.5) is 19.3 Å². The largest absolute Gasteiger partial charge is 0.429 e. The SMILES string of the molecule is CC(C)(C)C[C@@H]1N[C@H](OC(=O)Nc2ccc(=O)[nH]c2)[C@H](c2cccc(Cl)c2F)[C@@]1(C#N)c1ccc(Cl)cc1F. The maximum absolute atomic E-state index is 15.6. The van der Waals surface area contributed by atoms with Crippen LogP contribution in [0.5, 0.6) is 0 Å². The Labute approximate surface area is 234 Å². The van der Waals surface area contributed by atoms with E-state index in [0.717, 1.165) is 6.07 Å². The molecule has 0 spiro atoms. The number of aromatic amines is 1. The van der Waals surface area contributed by atoms with Gasteiger partial charge in [0.2, 0.25) is 5.56 Å². The average Bonchev–Trinajstić information content (AvgIpc) is 3.13. The molecule has 204 valence electrons. The molecule has 1 fully saturated rings. The summed E-state index contributed by atoms with van der Waals surface area (Å²) in [4.78, 5) is 26.8. The molecule has 3 N–H and O–H groups in total. The minimum absolute atomic E-state index is 0.0207. The van der Waals surface area contributed by atoms with Crippen LogP contribution in [-0.4, -0.2) is 23.3 Å². The molecule has 0 bridgehead atoms. The Hall–Kier alpha value is -3.45. The van der Waals surface area contributed by atoms with E-state index in [1.54, 1.807) is 0 Å². The second-order valence-electron chi connectivity index (χ2n) is 10.6. The molecule has 11 heteroatoms. The van der Waals surface area contributed by atoms with Gasteiger partial charge in [-0.2, -0.15) is 5.26 Å². The van der Waals surface area contributed by atoms with Crippen LogP contribution >= 0.6 is 23.2 Å². The summed E-state index contributed by atoms with van der Waals surface area (Å²) in [6.45, 7) is 5.84. The van der Waals surface area contributed by atoms with Gasteiger partial charge in [0, 0.05) is 28.9 Å². The average molecular weight is 575 g/mol. The number of hydrogen-bond acceptors (Lipinski definition) is 5. The first-order valence-corrected chi connectivity index (χ1v) is 12.8. The maximum Gasteiger partial charge on any atom is 0.413 e. The van der Waals surface area contributed by atoms with Crippen LogP contribution in [0.2, 0.25) is 10.0 Å². The molecule has 3 aromatic rings. The number of aromatic nitrogens is 1. The fraction of sp³-hybridized carbons (Fsp3) is 0.321. The standard InChI is InChI=1S/C28H26Cl2F2N4O3/c1-27(2,3)12-21-28(14-33,18-9-7-15(29)11-20(18)31)23(17-5-4-6-19(30)24(17)32)25(36-21)39-26(38)35-16-8-10-22(37)34-13-16/h4-11,13,21,23,25,36H,12H2,1-3H3,(H,34,37)(H,35,38)/t21-,23-,25+,28-/m0/s1. The van der Waals surface area contributed by atoms with E-state index in [2.05, 4.69) is 21.7 Å². The molecule has 2 aromatic carbocycles. The van der Waals surface area contributed by atoms with Crippen molar-refractivity contribution in [1.29, 1.82) is 5.26 Å². The van der Waals surface area contributed by atoms with Crippen LogP contribution in [-0.2, 0) is 10.2 Å². The van der Waals surface area contributed by atoms with E-state index in [1.807, 2.05) is 20.8 Å². The number of ether oxygens (including phenoxy) is 1. The van der Waals surface area contributed by atoms with Gasteiger partial charge in [0.05, 0.1) is 22.7 Å². The Bertz CT molecular complexity index is 1480. The number of nitrogens with zero attached hydrogens (tertiary/aromatic N) is 1. The predicted octanol–water partition coefficient (Wildman–Crippen LogP) is 6.49. The zero-order valence-corrected chi connectivity index (χ0v) is 22.8. The Kier molecular flexibility index (Phi) is 8.03. The van der Waals surface area contributed by atoms with E-state index >= 15 is 8.78 Å². The van der Waals surface area contributed by atoms with Gasteiger partial charge in [0.1, 0.15) is 17.0 Å². The number of H-pyrrole nitrogens is 1. The first-order chi connectivity index (χ1) is 18.4. The molecule has 1 aliphatic rings. The molecule has 0 unspecified atom stereocenters. The van der Waals surface area contributed by atoms with Crippen LogP contribution in [0.3, 0.4) is 0 Å². The Morgan fingerprint density at radius 2 is 1.92 bits per heavy atom. The zero-order valence-electron chi connectivity index (χ0n) is 21.3. The summed E-state index contributed by atoms with van der Waals surface area (Å²) in [5, 5.41) is 16.4. The number of hydrogen-bond donors (Lipinski definition) is 3. The molecule has 4 atom stereocenters. The monoisotopic (exact) mass is 574 g/mol. The van der Waals surface area contributed by atoms with Crippen molar-refractivity contribution in [3.05, 3.63) is 97.9 Å². The molecule has 1 amide bonds. The van der Waals surface area contributed by atoms with Crippen molar-refractivity contribution in [2.75, 3.05) is 5.32 Å². The van der Waals surface area contributed by atoms with E-state index in [1.165, 1.54) is 48.7 Å². The highest BCUT2D eigenvalue weighted by atomic mass is 35.5. The number of benzene rings is 2. The number of nitriles is 1. The highest BCUT2D eigenvalue weighted by molar-refractivity contribution is 6.31. The molecule has 1 aliphatic heterocycles. The number of nitrogens with one attached hydrogen (secondary N) is 3. The Morgan fingerprint density at radius 3 is 2.54 bits per heavy atom. The van der Waals surface area contributed by atoms with Crippen LogP contribution in [0, 0.1) is 28.4 Å². The lowest BCUT2D eigenvalue weighted by Crippen LogP contribution is -2.44. The van der Waals surface area contributed by atoms with Gasteiger partial charge in [-0.25, -0.2) is 13.6 Å². The van der Waals surface area contributed by atoms with E-state index < -0.39 is 41.3 Å². The summed E-state index contributed by atoms with van der Waals surface area (Å²) in [6.07, 6.45) is -0.595. The topological polar surface area (TPSA) is 107 Å². The predicted molar refractivity (Wildman–Crippen MR) is 145 cm³/mol. The van der Waals surface area contributed by atoms with E-state index in [0.29, 0.717) is 6.42 Å². The summed E-state index contributed by atoms with van der Waals surface area (Å²) in [5.41, 5.74) is -2.28. The normalized spacial score (nSPS) is 22.8. The highest BCUT2D eigenvalue weighted by Crippen LogP contribution is 2.53. The lowest BCUT2D eigenvalue weighted by Gasteiger charge is -2.37. The third-order valence-corrected chi connectivity index (χ3v) is 7.19. The number of carbonyl (C=O) groups excluding carboxylic acids is 1. The van der Waals surface area contributed by atoms with E-state index in [-0.39, 0.29) is 37.8 Å². The number of carbonyl (C=O) groups is 1. The van der Waals surface area contributed by atoms with Crippen LogP contribution in [0.25, 0.3) is 0 Å². The summed E-state index contributed by atoms with van der Waals surface area (Å²) >= 11 is 12.1. The van der Waals surface area contributed by atoms with Gasteiger partial charge in [0.25, 0.3) is 0 Å². The minimum Gasteiger partial charge on any atom is -0.429 e. The van der Waals surface area contributed by atoms with Crippen molar-refractivity contribution < 1.29 is 18.3 Å². The summed E-state index contributed by atoms with van der Waals surface area (Å²) in [5.74, 6) is -2.79. The van der Waals surface area contributed by atoms with Crippen LogP contribution in [0.15, 0.2) is 59.5 Å². The van der Waals surface area contributed by atoms with Gasteiger partial charge in [-0.15, -0.1) is 0 Å². The molecule has 0 radical (unpaired) electrons. The highest BCUT2D eigenvalue weighted by Gasteiger charge is 2.61. The third-order valence-electron chi connectivity index (χ3n) is 6.67. The number of halogens is 4. The first kappa shape index (κ1) is 28.6. The quantitative estimate of drug-likeness (QED) is 0.323. The Morgan fingerprint density at radius 1 is 1.18 bits per heavy atom. The molecule has 1 saturated heterocycles. The summed E-state index contributed by atoms with van der Waals surface area (Å²) < 4.78 is 36.9. The van der Waals surface area contributed by atoms with Gasteiger partial charge >= 0.3 is 6.09 Å². The van der Waals surface area contributed by atoms with E-state index in [4.69, 9.17) is 27.9 Å². The van der Waals surface area contributed by atoms with Crippen molar-refractivity contribution in [3.8, 4) is 6.07 Å². The van der Waals surface area contributed by atoms with Crippen molar-refractivity contribution in [1.82, 2.24) is 10.3 Å². The molecule has 7 nitrogen and oxygen atoms in total. The number of rotatable bonds is 5. The van der Waals surface area contributed by atoms with Gasteiger partial charge < -0.3 is 9.72 Å². The van der Waals surface area contributed by atoms with Gasteiger partial charge in [-0.3, -0.25) is 15.4 Å². The van der Waals surface area contributed by atoms with Crippen molar-refractivity contribution in [2.24, 2.45) is 5.41 Å². The van der Waals surface area contributed by atoms with Gasteiger partial charge in [-0.1, -0.05) is 62.2 Å². The summed E-state index contributed by atoms with van der Waals surface area (Å²) in [7, 11) is 0. The lowest BCUT2D eigenvalue weighted by atomic mass is 9.63. The molecule has 4 rings (SSSR count). The minimum atomic E-state index is -1.74. The zero-order chi connectivity index (χ0) is 28.5. The second kappa shape index (κ2) is 11.0. The van der Waals surface area contributed by atoms with Gasteiger partial charge in [-0.05, 0) is 41.7 Å². The molecular weight excluding hydrogens is 549 g/mol. The fourth-order valence-electron chi connectivity index (χ4n) is 5.12. The number of anilines is 1.